The maximum Gasteiger partial charge on any atom is 0.243 e. The van der Waals surface area contributed by atoms with Crippen LogP contribution in [0.4, 0.5) is 10.1 Å². The van der Waals surface area contributed by atoms with Crippen molar-refractivity contribution in [2.45, 2.75) is 4.90 Å². The molecule has 5 nitrogen and oxygen atoms in total. The molecule has 0 N–H and O–H groups in total. The lowest BCUT2D eigenvalue weighted by Gasteiger charge is -2.35. The number of rotatable bonds is 4. The largest absolute Gasteiger partial charge is 0.497 e. The van der Waals surface area contributed by atoms with E-state index in [9.17, 15) is 12.8 Å². The quantitative estimate of drug-likeness (QED) is 0.849. The predicted octanol–water partition coefficient (Wildman–Crippen LogP) is 2.35. The third-order valence-electron chi connectivity index (χ3n) is 4.13. The second-order valence-corrected chi connectivity index (χ2v) is 7.48. The summed E-state index contributed by atoms with van der Waals surface area (Å²) < 4.78 is 44.8. The lowest BCUT2D eigenvalue weighted by atomic mass is 10.2. The molecule has 0 spiro atoms. The normalized spacial score (nSPS) is 16.2. The van der Waals surface area contributed by atoms with E-state index in [4.69, 9.17) is 4.74 Å². The maximum atomic E-state index is 13.0. The van der Waals surface area contributed by atoms with E-state index < -0.39 is 15.8 Å². The van der Waals surface area contributed by atoms with Crippen molar-refractivity contribution in [2.24, 2.45) is 0 Å². The van der Waals surface area contributed by atoms with Gasteiger partial charge < -0.3 is 9.64 Å². The van der Waals surface area contributed by atoms with E-state index >= 15 is 0 Å². The molecule has 1 saturated heterocycles. The van der Waals surface area contributed by atoms with Crippen LogP contribution in [0.2, 0.25) is 0 Å². The average Bonchev–Trinajstić information content (AvgIpc) is 2.62. The number of ether oxygens (including phenoxy) is 1. The Kier molecular flexibility index (Phi) is 4.73. The van der Waals surface area contributed by atoms with Crippen molar-refractivity contribution in [3.63, 3.8) is 0 Å². The Labute approximate surface area is 141 Å². The van der Waals surface area contributed by atoms with Gasteiger partial charge in [0.15, 0.2) is 0 Å². The molecule has 7 heteroatoms. The SMILES string of the molecule is COc1ccc(N2CCN(S(=O)(=O)c3ccc(F)cc3)CC2)cc1. The number of piperazine rings is 1. The van der Waals surface area contributed by atoms with Crippen molar-refractivity contribution in [3.05, 3.63) is 54.3 Å². The summed E-state index contributed by atoms with van der Waals surface area (Å²) in [6.07, 6.45) is 0. The lowest BCUT2D eigenvalue weighted by molar-refractivity contribution is 0.384. The first kappa shape index (κ1) is 16.7. The zero-order chi connectivity index (χ0) is 17.2. The number of hydrogen-bond acceptors (Lipinski definition) is 4. The van der Waals surface area contributed by atoms with Crippen LogP contribution in [0, 0.1) is 5.82 Å². The van der Waals surface area contributed by atoms with Crippen molar-refractivity contribution in [3.8, 4) is 5.75 Å². The van der Waals surface area contributed by atoms with Crippen LogP contribution < -0.4 is 9.64 Å². The fourth-order valence-corrected chi connectivity index (χ4v) is 4.16. The number of anilines is 1. The molecule has 128 valence electrons. The topological polar surface area (TPSA) is 49.9 Å². The van der Waals surface area contributed by atoms with E-state index in [1.807, 2.05) is 24.3 Å². The first-order valence-corrected chi connectivity index (χ1v) is 9.09. The molecule has 0 radical (unpaired) electrons. The van der Waals surface area contributed by atoms with E-state index in [1.165, 1.54) is 28.6 Å². The standard InChI is InChI=1S/C17H19FN2O3S/c1-23-16-6-4-15(5-7-16)19-10-12-20(13-11-19)24(21,22)17-8-2-14(18)3-9-17/h2-9H,10-13H2,1H3. The Bertz CT molecular complexity index is 784. The number of benzene rings is 2. The second kappa shape index (κ2) is 6.78. The van der Waals surface area contributed by atoms with Gasteiger partial charge in [0.2, 0.25) is 10.0 Å². The van der Waals surface area contributed by atoms with E-state index in [0.29, 0.717) is 26.2 Å². The molecular weight excluding hydrogens is 331 g/mol. The molecule has 1 heterocycles. The van der Waals surface area contributed by atoms with Gasteiger partial charge in [0.25, 0.3) is 0 Å². The molecule has 0 bridgehead atoms. The van der Waals surface area contributed by atoms with Gasteiger partial charge >= 0.3 is 0 Å². The smallest absolute Gasteiger partial charge is 0.243 e. The summed E-state index contributed by atoms with van der Waals surface area (Å²) in [7, 11) is -1.96. The van der Waals surface area contributed by atoms with Gasteiger partial charge in [0, 0.05) is 31.9 Å². The number of nitrogens with zero attached hydrogens (tertiary/aromatic N) is 2. The average molecular weight is 350 g/mol. The summed E-state index contributed by atoms with van der Waals surface area (Å²) in [5, 5.41) is 0. The second-order valence-electron chi connectivity index (χ2n) is 5.54. The van der Waals surface area contributed by atoms with Crippen LogP contribution in [0.1, 0.15) is 0 Å². The molecule has 0 aliphatic carbocycles. The number of halogens is 1. The fraction of sp³-hybridized carbons (Fsp3) is 0.294. The minimum Gasteiger partial charge on any atom is -0.497 e. The molecule has 2 aromatic rings. The van der Waals surface area contributed by atoms with Gasteiger partial charge in [-0.15, -0.1) is 0 Å². The zero-order valence-corrected chi connectivity index (χ0v) is 14.2. The highest BCUT2D eigenvalue weighted by molar-refractivity contribution is 7.89. The Hall–Kier alpha value is -2.12. The van der Waals surface area contributed by atoms with Crippen LogP contribution in [-0.2, 0) is 10.0 Å². The van der Waals surface area contributed by atoms with Crippen molar-refractivity contribution in [1.82, 2.24) is 4.31 Å². The molecule has 2 aromatic carbocycles. The third-order valence-corrected chi connectivity index (χ3v) is 6.04. The van der Waals surface area contributed by atoms with Crippen molar-refractivity contribution >= 4 is 15.7 Å². The van der Waals surface area contributed by atoms with Crippen LogP contribution >= 0.6 is 0 Å². The lowest BCUT2D eigenvalue weighted by Crippen LogP contribution is -2.48. The zero-order valence-electron chi connectivity index (χ0n) is 13.4. The molecule has 0 saturated carbocycles. The minimum atomic E-state index is -3.58. The Morgan fingerprint density at radius 3 is 2.04 bits per heavy atom. The molecule has 0 unspecified atom stereocenters. The Morgan fingerprint density at radius 1 is 0.917 bits per heavy atom. The Morgan fingerprint density at radius 2 is 1.50 bits per heavy atom. The van der Waals surface area contributed by atoms with Gasteiger partial charge in [-0.1, -0.05) is 0 Å². The predicted molar refractivity (Wildman–Crippen MR) is 90.4 cm³/mol. The van der Waals surface area contributed by atoms with Crippen LogP contribution in [-0.4, -0.2) is 46.0 Å². The van der Waals surface area contributed by atoms with E-state index in [0.717, 1.165) is 11.4 Å². The highest BCUT2D eigenvalue weighted by Crippen LogP contribution is 2.23. The summed E-state index contributed by atoms with van der Waals surface area (Å²) in [6, 6.07) is 12.6. The summed E-state index contributed by atoms with van der Waals surface area (Å²) in [5.74, 6) is 0.342. The highest BCUT2D eigenvalue weighted by atomic mass is 32.2. The molecule has 3 rings (SSSR count). The fourth-order valence-electron chi connectivity index (χ4n) is 2.74. The van der Waals surface area contributed by atoms with Crippen LogP contribution in [0.15, 0.2) is 53.4 Å². The van der Waals surface area contributed by atoms with Crippen molar-refractivity contribution in [2.75, 3.05) is 38.2 Å². The number of methoxy groups -OCH3 is 1. The van der Waals surface area contributed by atoms with Crippen LogP contribution in [0.5, 0.6) is 5.75 Å². The highest BCUT2D eigenvalue weighted by Gasteiger charge is 2.28. The molecule has 1 fully saturated rings. The molecule has 0 aromatic heterocycles. The summed E-state index contributed by atoms with van der Waals surface area (Å²) in [5.41, 5.74) is 1.04. The molecular formula is C17H19FN2O3S. The molecule has 1 aliphatic heterocycles. The van der Waals surface area contributed by atoms with Crippen molar-refractivity contribution < 1.29 is 17.5 Å². The van der Waals surface area contributed by atoms with E-state index in [2.05, 4.69) is 4.90 Å². The number of hydrogen-bond donors (Lipinski definition) is 0. The molecule has 0 atom stereocenters. The third kappa shape index (κ3) is 3.37. The molecule has 0 amide bonds. The minimum absolute atomic E-state index is 0.127. The van der Waals surface area contributed by atoms with Gasteiger partial charge in [-0.05, 0) is 48.5 Å². The first-order chi connectivity index (χ1) is 11.5. The summed E-state index contributed by atoms with van der Waals surface area (Å²) >= 11 is 0. The monoisotopic (exact) mass is 350 g/mol. The summed E-state index contributed by atoms with van der Waals surface area (Å²) in [6.45, 7) is 2.00. The van der Waals surface area contributed by atoms with Gasteiger partial charge in [-0.3, -0.25) is 0 Å². The van der Waals surface area contributed by atoms with Gasteiger partial charge in [0.05, 0.1) is 12.0 Å². The maximum absolute atomic E-state index is 13.0. The Balaban J connectivity index is 1.68. The van der Waals surface area contributed by atoms with Crippen molar-refractivity contribution in [1.29, 1.82) is 0 Å². The van der Waals surface area contributed by atoms with Gasteiger partial charge in [0.1, 0.15) is 11.6 Å². The van der Waals surface area contributed by atoms with Gasteiger partial charge in [-0.2, -0.15) is 4.31 Å². The number of sulfonamides is 1. The van der Waals surface area contributed by atoms with E-state index in [1.54, 1.807) is 7.11 Å². The molecule has 24 heavy (non-hydrogen) atoms. The first-order valence-electron chi connectivity index (χ1n) is 7.65. The van der Waals surface area contributed by atoms with Gasteiger partial charge in [-0.25, -0.2) is 12.8 Å². The summed E-state index contributed by atoms with van der Waals surface area (Å²) in [4.78, 5) is 2.26. The van der Waals surface area contributed by atoms with Crippen LogP contribution in [0.3, 0.4) is 0 Å². The van der Waals surface area contributed by atoms with E-state index in [-0.39, 0.29) is 4.90 Å². The molecule has 1 aliphatic rings. The van der Waals surface area contributed by atoms with Crippen LogP contribution in [0.25, 0.3) is 0 Å².